The maximum atomic E-state index is 12.6. The van der Waals surface area contributed by atoms with Crippen molar-refractivity contribution in [1.82, 2.24) is 4.72 Å². The molecule has 0 radical (unpaired) electrons. The van der Waals surface area contributed by atoms with Crippen molar-refractivity contribution in [3.8, 4) is 6.07 Å². The van der Waals surface area contributed by atoms with Gasteiger partial charge in [-0.2, -0.15) is 5.26 Å². The number of carbonyl (C=O) groups excluding carboxylic acids is 1. The van der Waals surface area contributed by atoms with E-state index < -0.39 is 21.7 Å². The summed E-state index contributed by atoms with van der Waals surface area (Å²) >= 11 is 0.926. The van der Waals surface area contributed by atoms with Gasteiger partial charge in [0.1, 0.15) is 4.21 Å². The van der Waals surface area contributed by atoms with Crippen LogP contribution in [0.15, 0.2) is 27.8 Å². The summed E-state index contributed by atoms with van der Waals surface area (Å²) in [6, 6.07) is 6.00. The standard InChI is InChI=1S/C21H27N3O4S2/c1-12(2)16-7-14(10-22)8-17(13(3)4)19(16)23-20(25)24-30(27,28)18-9-15(11-29-18)21(5,6)26/h7-9,11-13,26H,1-6H3,(H2,23,24,25). The summed E-state index contributed by atoms with van der Waals surface area (Å²) in [5.74, 6) is 0.0173. The van der Waals surface area contributed by atoms with E-state index in [2.05, 4.69) is 11.4 Å². The number of aliphatic hydroxyl groups is 1. The molecular weight excluding hydrogens is 422 g/mol. The predicted octanol–water partition coefficient (Wildman–Crippen LogP) is 4.60. The van der Waals surface area contributed by atoms with Crippen LogP contribution in [-0.4, -0.2) is 19.6 Å². The number of thiophene rings is 1. The summed E-state index contributed by atoms with van der Waals surface area (Å²) in [4.78, 5) is 12.6. The van der Waals surface area contributed by atoms with Crippen LogP contribution in [0.3, 0.4) is 0 Å². The van der Waals surface area contributed by atoms with E-state index >= 15 is 0 Å². The topological polar surface area (TPSA) is 119 Å². The summed E-state index contributed by atoms with van der Waals surface area (Å²) in [5.41, 5.74) is 1.77. The van der Waals surface area contributed by atoms with Crippen molar-refractivity contribution < 1.29 is 18.3 Å². The van der Waals surface area contributed by atoms with Gasteiger partial charge in [-0.1, -0.05) is 27.7 Å². The van der Waals surface area contributed by atoms with Gasteiger partial charge < -0.3 is 10.4 Å². The Balaban J connectivity index is 2.36. The van der Waals surface area contributed by atoms with E-state index in [1.54, 1.807) is 31.4 Å². The summed E-state index contributed by atoms with van der Waals surface area (Å²) in [7, 11) is -4.11. The van der Waals surface area contributed by atoms with Crippen molar-refractivity contribution in [2.45, 2.75) is 63.2 Å². The SMILES string of the molecule is CC(C)c1cc(C#N)cc(C(C)C)c1NC(=O)NS(=O)(=O)c1cc(C(C)(C)O)cs1. The zero-order valence-electron chi connectivity index (χ0n) is 17.9. The van der Waals surface area contributed by atoms with Gasteiger partial charge in [0.25, 0.3) is 10.0 Å². The van der Waals surface area contributed by atoms with Crippen LogP contribution >= 0.6 is 11.3 Å². The first-order valence-electron chi connectivity index (χ1n) is 9.49. The third-order valence-electron chi connectivity index (χ3n) is 4.58. The van der Waals surface area contributed by atoms with Crippen LogP contribution < -0.4 is 10.0 Å². The molecule has 2 rings (SSSR count). The molecule has 0 aliphatic carbocycles. The number of benzene rings is 1. The van der Waals surface area contributed by atoms with Crippen LogP contribution in [-0.2, 0) is 15.6 Å². The molecule has 0 fully saturated rings. The van der Waals surface area contributed by atoms with Crippen LogP contribution in [0.4, 0.5) is 10.5 Å². The van der Waals surface area contributed by atoms with Crippen LogP contribution in [0.1, 0.15) is 75.6 Å². The predicted molar refractivity (Wildman–Crippen MR) is 118 cm³/mol. The fourth-order valence-electron chi connectivity index (χ4n) is 2.90. The Morgan fingerprint density at radius 3 is 2.07 bits per heavy atom. The number of nitrogens with one attached hydrogen (secondary N) is 2. The molecular formula is C21H27N3O4S2. The number of carbonyl (C=O) groups is 1. The normalized spacial score (nSPS) is 12.1. The van der Waals surface area contributed by atoms with Gasteiger partial charge in [-0.3, -0.25) is 0 Å². The zero-order valence-corrected chi connectivity index (χ0v) is 19.5. The molecule has 1 heterocycles. The van der Waals surface area contributed by atoms with Gasteiger partial charge in [0.2, 0.25) is 0 Å². The van der Waals surface area contributed by atoms with E-state index in [4.69, 9.17) is 0 Å². The molecule has 0 saturated carbocycles. The summed E-state index contributed by atoms with van der Waals surface area (Å²) < 4.78 is 27.2. The lowest BCUT2D eigenvalue weighted by molar-refractivity contribution is 0.0789. The highest BCUT2D eigenvalue weighted by Crippen LogP contribution is 2.34. The van der Waals surface area contributed by atoms with Crippen molar-refractivity contribution in [2.24, 2.45) is 0 Å². The molecule has 0 unspecified atom stereocenters. The van der Waals surface area contributed by atoms with Gasteiger partial charge in [0, 0.05) is 5.69 Å². The average molecular weight is 450 g/mol. The minimum atomic E-state index is -4.11. The maximum absolute atomic E-state index is 12.6. The molecule has 0 spiro atoms. The second-order valence-corrected chi connectivity index (χ2v) is 11.0. The van der Waals surface area contributed by atoms with Crippen molar-refractivity contribution in [1.29, 1.82) is 5.26 Å². The first-order chi connectivity index (χ1) is 13.8. The number of hydrogen-bond acceptors (Lipinski definition) is 6. The van der Waals surface area contributed by atoms with E-state index in [1.165, 1.54) is 6.07 Å². The number of hydrogen-bond donors (Lipinski definition) is 3. The van der Waals surface area contributed by atoms with Crippen LogP contribution in [0, 0.1) is 11.3 Å². The third kappa shape index (κ3) is 5.39. The molecule has 0 aliphatic heterocycles. The molecule has 3 N–H and O–H groups in total. The molecule has 9 heteroatoms. The number of amides is 2. The molecule has 7 nitrogen and oxygen atoms in total. The highest BCUT2D eigenvalue weighted by Gasteiger charge is 2.25. The van der Waals surface area contributed by atoms with Gasteiger partial charge in [0.05, 0.1) is 17.2 Å². The monoisotopic (exact) mass is 449 g/mol. The first kappa shape index (κ1) is 23.9. The lowest BCUT2D eigenvalue weighted by Crippen LogP contribution is -2.34. The van der Waals surface area contributed by atoms with E-state index in [-0.39, 0.29) is 16.0 Å². The van der Waals surface area contributed by atoms with E-state index in [0.29, 0.717) is 16.8 Å². The lowest BCUT2D eigenvalue weighted by atomic mass is 9.90. The number of urea groups is 1. The quantitative estimate of drug-likeness (QED) is 0.595. The van der Waals surface area contributed by atoms with Gasteiger partial charge in [0.15, 0.2) is 0 Å². The smallest absolute Gasteiger partial charge is 0.333 e. The van der Waals surface area contributed by atoms with E-state index in [0.717, 1.165) is 22.5 Å². The highest BCUT2D eigenvalue weighted by molar-refractivity contribution is 7.92. The third-order valence-corrected chi connectivity index (χ3v) is 7.36. The minimum absolute atomic E-state index is 0.00865. The molecule has 0 atom stereocenters. The van der Waals surface area contributed by atoms with Crippen molar-refractivity contribution in [2.75, 3.05) is 5.32 Å². The van der Waals surface area contributed by atoms with Crippen LogP contribution in [0.25, 0.3) is 0 Å². The van der Waals surface area contributed by atoms with Crippen LogP contribution in [0.5, 0.6) is 0 Å². The Morgan fingerprint density at radius 1 is 1.13 bits per heavy atom. The number of anilines is 1. The lowest BCUT2D eigenvalue weighted by Gasteiger charge is -2.21. The molecule has 2 aromatic rings. The Labute approximate surface area is 181 Å². The van der Waals surface area contributed by atoms with Gasteiger partial charge in [-0.05, 0) is 66.0 Å². The molecule has 1 aromatic carbocycles. The van der Waals surface area contributed by atoms with Crippen molar-refractivity contribution in [3.05, 3.63) is 45.8 Å². The number of sulfonamides is 1. The molecule has 0 bridgehead atoms. The molecule has 1 aromatic heterocycles. The second kappa shape index (κ2) is 8.76. The van der Waals surface area contributed by atoms with Gasteiger partial charge >= 0.3 is 6.03 Å². The Hall–Kier alpha value is -2.41. The molecule has 0 aliphatic rings. The van der Waals surface area contributed by atoms with Gasteiger partial charge in [-0.25, -0.2) is 17.9 Å². The molecule has 2 amide bonds. The fraction of sp³-hybridized carbons (Fsp3) is 0.429. The second-order valence-electron chi connectivity index (χ2n) is 8.22. The Bertz CT molecular complexity index is 1060. The summed E-state index contributed by atoms with van der Waals surface area (Å²) in [6.07, 6.45) is 0. The average Bonchev–Trinajstić information content (AvgIpc) is 3.12. The summed E-state index contributed by atoms with van der Waals surface area (Å²) in [5, 5.41) is 23.6. The Morgan fingerprint density at radius 2 is 1.67 bits per heavy atom. The largest absolute Gasteiger partial charge is 0.386 e. The van der Waals surface area contributed by atoms with E-state index in [1.807, 2.05) is 32.4 Å². The fourth-order valence-corrected chi connectivity index (χ4v) is 5.15. The number of nitrogens with zero attached hydrogens (tertiary/aromatic N) is 1. The number of nitriles is 1. The molecule has 0 saturated heterocycles. The summed E-state index contributed by atoms with van der Waals surface area (Å²) in [6.45, 7) is 10.8. The Kier molecular flexibility index (Phi) is 6.97. The first-order valence-corrected chi connectivity index (χ1v) is 11.9. The highest BCUT2D eigenvalue weighted by atomic mass is 32.2. The molecule has 162 valence electrons. The van der Waals surface area contributed by atoms with Crippen molar-refractivity contribution in [3.63, 3.8) is 0 Å². The maximum Gasteiger partial charge on any atom is 0.333 e. The number of rotatable bonds is 6. The van der Waals surface area contributed by atoms with E-state index in [9.17, 15) is 23.6 Å². The van der Waals surface area contributed by atoms with Crippen LogP contribution in [0.2, 0.25) is 0 Å². The minimum Gasteiger partial charge on any atom is -0.386 e. The molecule has 30 heavy (non-hydrogen) atoms. The van der Waals surface area contributed by atoms with Crippen molar-refractivity contribution >= 4 is 33.1 Å². The zero-order chi connectivity index (χ0) is 22.9. The van der Waals surface area contributed by atoms with Gasteiger partial charge in [-0.15, -0.1) is 11.3 Å².